The monoisotopic (exact) mass is 223 g/mol. The summed E-state index contributed by atoms with van der Waals surface area (Å²) in [5.74, 6) is 1.13. The molecule has 16 heavy (non-hydrogen) atoms. The number of aryl methyl sites for hydroxylation is 1. The lowest BCUT2D eigenvalue weighted by molar-refractivity contribution is 0.0652. The highest BCUT2D eigenvalue weighted by Gasteiger charge is 2.28. The van der Waals surface area contributed by atoms with Crippen molar-refractivity contribution in [3.8, 4) is 0 Å². The summed E-state index contributed by atoms with van der Waals surface area (Å²) in [6.07, 6.45) is 0.844. The molecule has 2 atom stereocenters. The molecule has 2 heterocycles. The fourth-order valence-corrected chi connectivity index (χ4v) is 1.93. The molecule has 1 saturated heterocycles. The van der Waals surface area contributed by atoms with Crippen molar-refractivity contribution in [1.82, 2.24) is 20.1 Å². The molecule has 6 heteroatoms. The number of nitrogens with zero attached hydrogens (tertiary/aromatic N) is 3. The first-order chi connectivity index (χ1) is 7.58. The summed E-state index contributed by atoms with van der Waals surface area (Å²) in [6, 6.07) is 0.193. The molecule has 0 radical (unpaired) electrons. The minimum absolute atomic E-state index is 0.108. The molecule has 0 bridgehead atoms. The van der Waals surface area contributed by atoms with Crippen molar-refractivity contribution in [2.24, 2.45) is 11.7 Å². The van der Waals surface area contributed by atoms with E-state index < -0.39 is 0 Å². The molecule has 1 aromatic rings. The molecule has 3 N–H and O–H groups in total. The predicted molar refractivity (Wildman–Crippen MR) is 58.8 cm³/mol. The average Bonchev–Trinajstić information content (AvgIpc) is 2.68. The van der Waals surface area contributed by atoms with Gasteiger partial charge in [0.15, 0.2) is 0 Å². The van der Waals surface area contributed by atoms with Crippen LogP contribution in [0.5, 0.6) is 0 Å². The number of nitrogens with two attached hydrogens (primary N) is 1. The Hall–Kier alpha value is -1.43. The zero-order valence-corrected chi connectivity index (χ0v) is 9.60. The van der Waals surface area contributed by atoms with Gasteiger partial charge in [0.2, 0.25) is 5.82 Å². The van der Waals surface area contributed by atoms with Crippen LogP contribution in [-0.4, -0.2) is 45.1 Å². The first-order valence-electron chi connectivity index (χ1n) is 5.52. The van der Waals surface area contributed by atoms with E-state index in [4.69, 9.17) is 5.73 Å². The molecule has 0 aliphatic carbocycles. The second kappa shape index (κ2) is 4.21. The maximum absolute atomic E-state index is 12.0. The van der Waals surface area contributed by atoms with Gasteiger partial charge < -0.3 is 10.6 Å². The number of hydrogen-bond acceptors (Lipinski definition) is 4. The smallest absolute Gasteiger partial charge is 0.293 e. The van der Waals surface area contributed by atoms with Gasteiger partial charge in [-0.1, -0.05) is 6.92 Å². The van der Waals surface area contributed by atoms with Gasteiger partial charge in [-0.2, -0.15) is 0 Å². The summed E-state index contributed by atoms with van der Waals surface area (Å²) in [5, 5.41) is 6.55. The maximum Gasteiger partial charge on any atom is 0.293 e. The van der Waals surface area contributed by atoms with Crippen LogP contribution >= 0.6 is 0 Å². The predicted octanol–water partition coefficient (Wildman–Crippen LogP) is -0.0776. The Morgan fingerprint density at radius 2 is 2.38 bits per heavy atom. The van der Waals surface area contributed by atoms with Gasteiger partial charge in [0, 0.05) is 19.1 Å². The number of piperidine rings is 1. The van der Waals surface area contributed by atoms with Crippen molar-refractivity contribution in [2.45, 2.75) is 26.3 Å². The number of carbonyl (C=O) groups is 1. The number of rotatable bonds is 1. The summed E-state index contributed by atoms with van der Waals surface area (Å²) >= 11 is 0. The van der Waals surface area contributed by atoms with Crippen LogP contribution in [0.1, 0.15) is 29.8 Å². The summed E-state index contributed by atoms with van der Waals surface area (Å²) in [4.78, 5) is 17.8. The molecule has 88 valence electrons. The molecule has 1 fully saturated rings. The molecule has 2 unspecified atom stereocenters. The lowest BCUT2D eigenvalue weighted by Gasteiger charge is -2.34. The van der Waals surface area contributed by atoms with E-state index in [1.165, 1.54) is 0 Å². The Morgan fingerprint density at radius 1 is 1.62 bits per heavy atom. The SMILES string of the molecule is Cc1nc(C(=O)N2CCC(N)C(C)C2)n[nH]1. The van der Waals surface area contributed by atoms with Crippen molar-refractivity contribution >= 4 is 5.91 Å². The van der Waals surface area contributed by atoms with Gasteiger partial charge in [0.25, 0.3) is 5.91 Å². The molecule has 0 spiro atoms. The first-order valence-corrected chi connectivity index (χ1v) is 5.52. The molecular weight excluding hydrogens is 206 g/mol. The summed E-state index contributed by atoms with van der Waals surface area (Å²) < 4.78 is 0. The summed E-state index contributed by atoms with van der Waals surface area (Å²) in [6.45, 7) is 5.22. The van der Waals surface area contributed by atoms with Crippen LogP contribution in [-0.2, 0) is 0 Å². The molecule has 1 aliphatic rings. The second-order valence-corrected chi connectivity index (χ2v) is 4.43. The van der Waals surface area contributed by atoms with E-state index in [1.807, 2.05) is 0 Å². The van der Waals surface area contributed by atoms with Crippen LogP contribution in [0.15, 0.2) is 0 Å². The van der Waals surface area contributed by atoms with E-state index >= 15 is 0 Å². The molecule has 2 rings (SSSR count). The van der Waals surface area contributed by atoms with Crippen LogP contribution < -0.4 is 5.73 Å². The molecule has 0 aromatic carbocycles. The molecule has 0 saturated carbocycles. The standard InChI is InChI=1S/C10H17N5O/c1-6-5-15(4-3-8(6)11)10(16)9-12-7(2)13-14-9/h6,8H,3-5,11H2,1-2H3,(H,12,13,14). The van der Waals surface area contributed by atoms with Crippen molar-refractivity contribution in [1.29, 1.82) is 0 Å². The number of carbonyl (C=O) groups excluding carboxylic acids is 1. The number of H-pyrrole nitrogens is 1. The molecule has 1 aromatic heterocycles. The zero-order chi connectivity index (χ0) is 11.7. The number of hydrogen-bond donors (Lipinski definition) is 2. The molecule has 1 amide bonds. The van der Waals surface area contributed by atoms with Gasteiger partial charge in [-0.05, 0) is 19.3 Å². The first kappa shape index (κ1) is 11.1. The Labute approximate surface area is 94.2 Å². The third-order valence-corrected chi connectivity index (χ3v) is 3.05. The lowest BCUT2D eigenvalue weighted by Crippen LogP contribution is -2.48. The van der Waals surface area contributed by atoms with E-state index in [0.717, 1.165) is 6.42 Å². The van der Waals surface area contributed by atoms with Crippen molar-refractivity contribution < 1.29 is 4.79 Å². The third kappa shape index (κ3) is 2.06. The minimum Gasteiger partial charge on any atom is -0.335 e. The van der Waals surface area contributed by atoms with Gasteiger partial charge in [-0.25, -0.2) is 4.98 Å². The fraction of sp³-hybridized carbons (Fsp3) is 0.700. The Balaban J connectivity index is 2.06. The van der Waals surface area contributed by atoms with Crippen LogP contribution in [0.2, 0.25) is 0 Å². The molecule has 6 nitrogen and oxygen atoms in total. The summed E-state index contributed by atoms with van der Waals surface area (Å²) in [7, 11) is 0. The third-order valence-electron chi connectivity index (χ3n) is 3.05. The van der Waals surface area contributed by atoms with E-state index in [9.17, 15) is 4.79 Å². The van der Waals surface area contributed by atoms with Crippen LogP contribution in [0.4, 0.5) is 0 Å². The molecule has 1 aliphatic heterocycles. The number of aromatic amines is 1. The highest BCUT2D eigenvalue weighted by Crippen LogP contribution is 2.16. The largest absolute Gasteiger partial charge is 0.335 e. The fourth-order valence-electron chi connectivity index (χ4n) is 1.93. The van der Waals surface area contributed by atoms with E-state index in [2.05, 4.69) is 22.1 Å². The normalized spacial score (nSPS) is 25.8. The summed E-state index contributed by atoms with van der Waals surface area (Å²) in [5.41, 5.74) is 5.91. The van der Waals surface area contributed by atoms with Gasteiger partial charge in [0.05, 0.1) is 0 Å². The van der Waals surface area contributed by atoms with E-state index in [1.54, 1.807) is 11.8 Å². The zero-order valence-electron chi connectivity index (χ0n) is 9.60. The molecular formula is C10H17N5O. The highest BCUT2D eigenvalue weighted by molar-refractivity contribution is 5.90. The Bertz CT molecular complexity index is 388. The Morgan fingerprint density at radius 3 is 2.94 bits per heavy atom. The van der Waals surface area contributed by atoms with E-state index in [0.29, 0.717) is 24.8 Å². The number of amides is 1. The number of aromatic nitrogens is 3. The van der Waals surface area contributed by atoms with Gasteiger partial charge in [-0.3, -0.25) is 9.89 Å². The van der Waals surface area contributed by atoms with Gasteiger partial charge in [0.1, 0.15) is 5.82 Å². The van der Waals surface area contributed by atoms with Crippen molar-refractivity contribution in [3.05, 3.63) is 11.6 Å². The van der Waals surface area contributed by atoms with Crippen LogP contribution in [0, 0.1) is 12.8 Å². The average molecular weight is 223 g/mol. The topological polar surface area (TPSA) is 87.9 Å². The second-order valence-electron chi connectivity index (χ2n) is 4.43. The number of likely N-dealkylation sites (tertiary alicyclic amines) is 1. The van der Waals surface area contributed by atoms with Crippen LogP contribution in [0.25, 0.3) is 0 Å². The Kier molecular flexibility index (Phi) is 2.91. The quantitative estimate of drug-likeness (QED) is 0.697. The van der Waals surface area contributed by atoms with Gasteiger partial charge >= 0.3 is 0 Å². The number of nitrogens with one attached hydrogen (secondary N) is 1. The van der Waals surface area contributed by atoms with E-state index in [-0.39, 0.29) is 17.8 Å². The van der Waals surface area contributed by atoms with Crippen LogP contribution in [0.3, 0.4) is 0 Å². The van der Waals surface area contributed by atoms with Crippen molar-refractivity contribution in [3.63, 3.8) is 0 Å². The van der Waals surface area contributed by atoms with Gasteiger partial charge in [-0.15, -0.1) is 5.10 Å². The minimum atomic E-state index is -0.108. The van der Waals surface area contributed by atoms with Crippen molar-refractivity contribution in [2.75, 3.05) is 13.1 Å². The lowest BCUT2D eigenvalue weighted by atomic mass is 9.95. The highest BCUT2D eigenvalue weighted by atomic mass is 16.2. The maximum atomic E-state index is 12.0.